The van der Waals surface area contributed by atoms with E-state index in [4.69, 9.17) is 0 Å². The number of benzene rings is 1. The number of carbonyl (C=O) groups excluding carboxylic acids is 1. The molecule has 0 aromatic heterocycles. The van der Waals surface area contributed by atoms with Crippen molar-refractivity contribution in [1.29, 1.82) is 0 Å². The van der Waals surface area contributed by atoms with Gasteiger partial charge in [-0.2, -0.15) is 13.2 Å². The summed E-state index contributed by atoms with van der Waals surface area (Å²) < 4.78 is 51.1. The standard InChI is InChI=1S/C13H13F4NO2/c14-9-4-3-8(13(15,16)17)7-10(9)18-11(19)12(20)5-1-2-6-12/h3-4,7,20H,1-2,5-6H2,(H,18,19). The van der Waals surface area contributed by atoms with Gasteiger partial charge in [-0.1, -0.05) is 0 Å². The number of amides is 1. The molecular weight excluding hydrogens is 278 g/mol. The molecule has 0 bridgehead atoms. The average Bonchev–Trinajstić information content (AvgIpc) is 2.79. The fourth-order valence-electron chi connectivity index (χ4n) is 2.22. The lowest BCUT2D eigenvalue weighted by atomic mass is 10.0. The van der Waals surface area contributed by atoms with Crippen LogP contribution in [-0.4, -0.2) is 16.6 Å². The molecule has 1 fully saturated rings. The van der Waals surface area contributed by atoms with Crippen molar-refractivity contribution in [3.8, 4) is 0 Å². The molecule has 0 saturated heterocycles. The maximum atomic E-state index is 13.5. The Hall–Kier alpha value is -1.63. The highest BCUT2D eigenvalue weighted by molar-refractivity contribution is 5.97. The summed E-state index contributed by atoms with van der Waals surface area (Å²) in [6.45, 7) is 0. The third-order valence-electron chi connectivity index (χ3n) is 3.40. The van der Waals surface area contributed by atoms with E-state index in [9.17, 15) is 27.5 Å². The SMILES string of the molecule is O=C(Nc1cc(C(F)(F)F)ccc1F)C1(O)CCCC1. The van der Waals surface area contributed by atoms with Crippen molar-refractivity contribution in [3.05, 3.63) is 29.6 Å². The quantitative estimate of drug-likeness (QED) is 0.823. The van der Waals surface area contributed by atoms with E-state index in [1.807, 2.05) is 5.32 Å². The zero-order valence-corrected chi connectivity index (χ0v) is 10.4. The van der Waals surface area contributed by atoms with Crippen LogP contribution in [0.5, 0.6) is 0 Å². The van der Waals surface area contributed by atoms with Crippen LogP contribution < -0.4 is 5.32 Å². The summed E-state index contributed by atoms with van der Waals surface area (Å²) in [4.78, 5) is 11.8. The van der Waals surface area contributed by atoms with E-state index in [0.717, 1.165) is 0 Å². The first kappa shape index (κ1) is 14.8. The molecule has 7 heteroatoms. The average molecular weight is 291 g/mol. The number of anilines is 1. The minimum absolute atomic E-state index is 0.222. The molecule has 0 heterocycles. The van der Waals surface area contributed by atoms with Crippen molar-refractivity contribution in [1.82, 2.24) is 0 Å². The van der Waals surface area contributed by atoms with Crippen molar-refractivity contribution in [2.24, 2.45) is 0 Å². The van der Waals surface area contributed by atoms with Crippen LogP contribution in [0.15, 0.2) is 18.2 Å². The molecule has 1 amide bonds. The lowest BCUT2D eigenvalue weighted by Gasteiger charge is -2.21. The van der Waals surface area contributed by atoms with E-state index in [-0.39, 0.29) is 12.8 Å². The largest absolute Gasteiger partial charge is 0.416 e. The first-order valence-electron chi connectivity index (χ1n) is 6.13. The highest BCUT2D eigenvalue weighted by Crippen LogP contribution is 2.34. The summed E-state index contributed by atoms with van der Waals surface area (Å²) in [6, 6.07) is 1.75. The summed E-state index contributed by atoms with van der Waals surface area (Å²) in [5.41, 5.74) is -3.27. The minimum Gasteiger partial charge on any atom is -0.380 e. The van der Waals surface area contributed by atoms with Crippen molar-refractivity contribution < 1.29 is 27.5 Å². The molecule has 3 nitrogen and oxygen atoms in total. The highest BCUT2D eigenvalue weighted by Gasteiger charge is 2.39. The third kappa shape index (κ3) is 2.92. The topological polar surface area (TPSA) is 49.3 Å². The Morgan fingerprint density at radius 2 is 1.85 bits per heavy atom. The van der Waals surface area contributed by atoms with Crippen LogP contribution in [0.2, 0.25) is 0 Å². The molecule has 0 radical (unpaired) electrons. The monoisotopic (exact) mass is 291 g/mol. The molecule has 2 rings (SSSR count). The van der Waals surface area contributed by atoms with Crippen LogP contribution in [0.3, 0.4) is 0 Å². The van der Waals surface area contributed by atoms with Gasteiger partial charge in [-0.3, -0.25) is 4.79 Å². The van der Waals surface area contributed by atoms with E-state index < -0.39 is 34.8 Å². The van der Waals surface area contributed by atoms with E-state index in [1.165, 1.54) is 0 Å². The summed E-state index contributed by atoms with van der Waals surface area (Å²) >= 11 is 0. The Morgan fingerprint density at radius 3 is 2.40 bits per heavy atom. The molecule has 0 unspecified atom stereocenters. The van der Waals surface area contributed by atoms with Gasteiger partial charge in [0.1, 0.15) is 11.4 Å². The predicted molar refractivity (Wildman–Crippen MR) is 63.4 cm³/mol. The van der Waals surface area contributed by atoms with Gasteiger partial charge in [0.2, 0.25) is 0 Å². The van der Waals surface area contributed by atoms with E-state index >= 15 is 0 Å². The van der Waals surface area contributed by atoms with Gasteiger partial charge in [0.15, 0.2) is 0 Å². The molecule has 1 saturated carbocycles. The van der Waals surface area contributed by atoms with Crippen LogP contribution in [0.1, 0.15) is 31.2 Å². The first-order chi connectivity index (χ1) is 9.22. The third-order valence-corrected chi connectivity index (χ3v) is 3.40. The smallest absolute Gasteiger partial charge is 0.380 e. The predicted octanol–water partition coefficient (Wildman–Crippen LogP) is 3.09. The Morgan fingerprint density at radius 1 is 1.25 bits per heavy atom. The van der Waals surface area contributed by atoms with E-state index in [2.05, 4.69) is 0 Å². The molecule has 1 aliphatic rings. The van der Waals surface area contributed by atoms with Crippen molar-refractivity contribution in [2.75, 3.05) is 5.32 Å². The zero-order chi connectivity index (χ0) is 15.0. The molecule has 0 atom stereocenters. The Balaban J connectivity index is 2.22. The highest BCUT2D eigenvalue weighted by atomic mass is 19.4. The lowest BCUT2D eigenvalue weighted by Crippen LogP contribution is -2.40. The van der Waals surface area contributed by atoms with E-state index in [0.29, 0.717) is 31.0 Å². The van der Waals surface area contributed by atoms with Crippen molar-refractivity contribution in [3.63, 3.8) is 0 Å². The second kappa shape index (κ2) is 5.05. The zero-order valence-electron chi connectivity index (χ0n) is 10.4. The molecule has 0 aliphatic heterocycles. The number of aliphatic hydroxyl groups is 1. The second-order valence-electron chi connectivity index (χ2n) is 4.89. The van der Waals surface area contributed by atoms with Gasteiger partial charge in [0.25, 0.3) is 5.91 Å². The first-order valence-corrected chi connectivity index (χ1v) is 6.13. The minimum atomic E-state index is -4.63. The molecule has 1 aliphatic carbocycles. The number of alkyl halides is 3. The molecular formula is C13H13F4NO2. The van der Waals surface area contributed by atoms with Gasteiger partial charge in [-0.15, -0.1) is 0 Å². The Bertz CT molecular complexity index is 522. The van der Waals surface area contributed by atoms with Crippen LogP contribution >= 0.6 is 0 Å². The van der Waals surface area contributed by atoms with Crippen LogP contribution in [0, 0.1) is 5.82 Å². The fraction of sp³-hybridized carbons (Fsp3) is 0.462. The summed E-state index contributed by atoms with van der Waals surface area (Å²) in [5, 5.41) is 12.0. The van der Waals surface area contributed by atoms with Crippen LogP contribution in [0.4, 0.5) is 23.2 Å². The van der Waals surface area contributed by atoms with Gasteiger partial charge in [-0.05, 0) is 43.9 Å². The van der Waals surface area contributed by atoms with Crippen molar-refractivity contribution >= 4 is 11.6 Å². The normalized spacial score (nSPS) is 18.1. The van der Waals surface area contributed by atoms with Crippen LogP contribution in [0.25, 0.3) is 0 Å². The number of halogens is 4. The van der Waals surface area contributed by atoms with Crippen molar-refractivity contribution in [2.45, 2.75) is 37.5 Å². The van der Waals surface area contributed by atoms with Gasteiger partial charge in [0.05, 0.1) is 11.3 Å². The summed E-state index contributed by atoms with van der Waals surface area (Å²) in [6.07, 6.45) is -2.89. The molecule has 2 N–H and O–H groups in total. The number of hydrogen-bond acceptors (Lipinski definition) is 2. The van der Waals surface area contributed by atoms with Gasteiger partial charge >= 0.3 is 6.18 Å². The summed E-state index contributed by atoms with van der Waals surface area (Å²) in [5.74, 6) is -1.85. The van der Waals surface area contributed by atoms with Crippen LogP contribution in [-0.2, 0) is 11.0 Å². The number of hydrogen-bond donors (Lipinski definition) is 2. The van der Waals surface area contributed by atoms with E-state index in [1.54, 1.807) is 0 Å². The number of rotatable bonds is 2. The second-order valence-corrected chi connectivity index (χ2v) is 4.89. The van der Waals surface area contributed by atoms with Gasteiger partial charge in [0, 0.05) is 0 Å². The molecule has 1 aromatic carbocycles. The number of nitrogens with one attached hydrogen (secondary N) is 1. The summed E-state index contributed by atoms with van der Waals surface area (Å²) in [7, 11) is 0. The molecule has 1 aromatic rings. The molecule has 20 heavy (non-hydrogen) atoms. The fourth-order valence-corrected chi connectivity index (χ4v) is 2.22. The number of carbonyl (C=O) groups is 1. The molecule has 110 valence electrons. The van der Waals surface area contributed by atoms with Gasteiger partial charge in [-0.25, -0.2) is 4.39 Å². The maximum Gasteiger partial charge on any atom is 0.416 e. The molecule has 0 spiro atoms. The Kier molecular flexibility index (Phi) is 3.73. The van der Waals surface area contributed by atoms with Gasteiger partial charge < -0.3 is 10.4 Å². The Labute approximate surface area is 112 Å². The lowest BCUT2D eigenvalue weighted by molar-refractivity contribution is -0.137. The maximum absolute atomic E-state index is 13.5.